The molecule has 1 fully saturated rings. The van der Waals surface area contributed by atoms with Crippen LogP contribution in [0.25, 0.3) is 0 Å². The first-order valence-corrected chi connectivity index (χ1v) is 7.53. The zero-order valence-electron chi connectivity index (χ0n) is 12.4. The molecule has 5 heteroatoms. The Kier molecular flexibility index (Phi) is 5.31. The summed E-state index contributed by atoms with van der Waals surface area (Å²) in [6.07, 6.45) is 6.84. The highest BCUT2D eigenvalue weighted by Crippen LogP contribution is 2.26. The number of carboxylic acids is 1. The number of carbonyl (C=O) groups excluding carboxylic acids is 1. The molecule has 114 valence electrons. The van der Waals surface area contributed by atoms with Crippen molar-refractivity contribution in [3.05, 3.63) is 30.1 Å². The minimum absolute atomic E-state index is 0.0613. The molecule has 0 aliphatic carbocycles. The third-order valence-electron chi connectivity index (χ3n) is 4.27. The van der Waals surface area contributed by atoms with Crippen molar-refractivity contribution in [1.82, 2.24) is 9.88 Å². The number of hydrogen-bond donors (Lipinski definition) is 1. The third-order valence-corrected chi connectivity index (χ3v) is 4.27. The van der Waals surface area contributed by atoms with E-state index in [1.807, 2.05) is 12.1 Å². The van der Waals surface area contributed by atoms with E-state index in [4.69, 9.17) is 0 Å². The number of pyridine rings is 1. The monoisotopic (exact) mass is 290 g/mol. The standard InChI is InChI=1S/C16H22N2O3/c1-2-12-7-10-18(14(11-12)16(20)21)15(19)4-3-13-5-8-17-9-6-13/h5-6,8-9,12,14H,2-4,7,10-11H2,1H3,(H,20,21). The molecule has 1 aromatic rings. The molecule has 2 rings (SSSR count). The molecule has 5 nitrogen and oxygen atoms in total. The first-order valence-electron chi connectivity index (χ1n) is 7.53. The number of aliphatic carboxylic acids is 1. The van der Waals surface area contributed by atoms with Crippen LogP contribution in [-0.4, -0.2) is 39.5 Å². The van der Waals surface area contributed by atoms with Crippen LogP contribution < -0.4 is 0 Å². The smallest absolute Gasteiger partial charge is 0.326 e. The zero-order valence-corrected chi connectivity index (χ0v) is 12.4. The van der Waals surface area contributed by atoms with Gasteiger partial charge >= 0.3 is 5.97 Å². The van der Waals surface area contributed by atoms with Gasteiger partial charge in [-0.1, -0.05) is 13.3 Å². The first kappa shape index (κ1) is 15.5. The quantitative estimate of drug-likeness (QED) is 0.901. The molecule has 2 atom stereocenters. The second-order valence-corrected chi connectivity index (χ2v) is 5.60. The van der Waals surface area contributed by atoms with Crippen molar-refractivity contribution in [3.8, 4) is 0 Å². The Bertz CT molecular complexity index is 490. The lowest BCUT2D eigenvalue weighted by molar-refractivity contribution is -0.153. The molecule has 2 heterocycles. The van der Waals surface area contributed by atoms with Crippen LogP contribution in [0.15, 0.2) is 24.5 Å². The molecular formula is C16H22N2O3. The Morgan fingerprint density at radius 1 is 1.38 bits per heavy atom. The van der Waals surface area contributed by atoms with Gasteiger partial charge in [0.1, 0.15) is 6.04 Å². The van der Waals surface area contributed by atoms with Crippen molar-refractivity contribution in [1.29, 1.82) is 0 Å². The van der Waals surface area contributed by atoms with E-state index in [9.17, 15) is 14.7 Å². The van der Waals surface area contributed by atoms with Gasteiger partial charge in [-0.15, -0.1) is 0 Å². The summed E-state index contributed by atoms with van der Waals surface area (Å²) < 4.78 is 0. The van der Waals surface area contributed by atoms with E-state index in [-0.39, 0.29) is 5.91 Å². The van der Waals surface area contributed by atoms with E-state index >= 15 is 0 Å². The molecule has 0 aromatic carbocycles. The minimum atomic E-state index is -0.884. The Morgan fingerprint density at radius 3 is 2.71 bits per heavy atom. The van der Waals surface area contributed by atoms with Gasteiger partial charge in [0.05, 0.1) is 0 Å². The van der Waals surface area contributed by atoms with E-state index in [2.05, 4.69) is 11.9 Å². The highest BCUT2D eigenvalue weighted by molar-refractivity contribution is 5.84. The van der Waals surface area contributed by atoms with Gasteiger partial charge in [-0.25, -0.2) is 4.79 Å². The summed E-state index contributed by atoms with van der Waals surface area (Å²) in [7, 11) is 0. The summed E-state index contributed by atoms with van der Waals surface area (Å²) in [5.74, 6) is -0.533. The largest absolute Gasteiger partial charge is 0.480 e. The van der Waals surface area contributed by atoms with Crippen molar-refractivity contribution in [2.45, 2.75) is 45.1 Å². The molecule has 1 aliphatic heterocycles. The summed E-state index contributed by atoms with van der Waals surface area (Å²) in [6, 6.07) is 3.10. The number of aromatic nitrogens is 1. The fourth-order valence-corrected chi connectivity index (χ4v) is 2.89. The fourth-order valence-electron chi connectivity index (χ4n) is 2.89. The average molecular weight is 290 g/mol. The highest BCUT2D eigenvalue weighted by atomic mass is 16.4. The van der Waals surface area contributed by atoms with E-state index in [1.165, 1.54) is 0 Å². The van der Waals surface area contributed by atoms with Crippen molar-refractivity contribution in [2.24, 2.45) is 5.92 Å². The average Bonchev–Trinajstić information content (AvgIpc) is 2.52. The second-order valence-electron chi connectivity index (χ2n) is 5.60. The van der Waals surface area contributed by atoms with Gasteiger partial charge in [0.15, 0.2) is 0 Å². The molecule has 21 heavy (non-hydrogen) atoms. The number of hydrogen-bond acceptors (Lipinski definition) is 3. The lowest BCUT2D eigenvalue weighted by Gasteiger charge is -2.37. The van der Waals surface area contributed by atoms with Crippen molar-refractivity contribution >= 4 is 11.9 Å². The van der Waals surface area contributed by atoms with Gasteiger partial charge in [-0.2, -0.15) is 0 Å². The maximum absolute atomic E-state index is 12.3. The number of rotatable bonds is 5. The van der Waals surface area contributed by atoms with Crippen LogP contribution in [0, 0.1) is 5.92 Å². The lowest BCUT2D eigenvalue weighted by Crippen LogP contribution is -2.50. The molecule has 0 saturated carbocycles. The lowest BCUT2D eigenvalue weighted by atomic mass is 9.88. The molecule has 1 amide bonds. The third kappa shape index (κ3) is 4.03. The molecule has 2 unspecified atom stereocenters. The van der Waals surface area contributed by atoms with Gasteiger partial charge in [0.2, 0.25) is 5.91 Å². The van der Waals surface area contributed by atoms with Crippen LogP contribution in [-0.2, 0) is 16.0 Å². The Balaban J connectivity index is 1.95. The van der Waals surface area contributed by atoms with Crippen LogP contribution in [0.3, 0.4) is 0 Å². The van der Waals surface area contributed by atoms with Crippen molar-refractivity contribution < 1.29 is 14.7 Å². The van der Waals surface area contributed by atoms with Crippen LogP contribution in [0.2, 0.25) is 0 Å². The van der Waals surface area contributed by atoms with Gasteiger partial charge in [-0.05, 0) is 42.9 Å². The number of carbonyl (C=O) groups is 2. The summed E-state index contributed by atoms with van der Waals surface area (Å²) in [4.78, 5) is 29.2. The normalized spacial score (nSPS) is 22.0. The number of piperidine rings is 1. The number of nitrogens with zero attached hydrogens (tertiary/aromatic N) is 2. The summed E-state index contributed by atoms with van der Waals surface area (Å²) in [5, 5.41) is 9.35. The molecule has 1 N–H and O–H groups in total. The van der Waals surface area contributed by atoms with Crippen LogP contribution in [0.4, 0.5) is 0 Å². The summed E-state index contributed by atoms with van der Waals surface area (Å²) >= 11 is 0. The maximum Gasteiger partial charge on any atom is 0.326 e. The number of likely N-dealkylation sites (tertiary alicyclic amines) is 1. The SMILES string of the molecule is CCC1CCN(C(=O)CCc2ccncc2)C(C(=O)O)C1. The minimum Gasteiger partial charge on any atom is -0.480 e. The van der Waals surface area contributed by atoms with E-state index in [1.54, 1.807) is 17.3 Å². The Morgan fingerprint density at radius 2 is 2.10 bits per heavy atom. The van der Waals surface area contributed by atoms with Crippen molar-refractivity contribution in [3.63, 3.8) is 0 Å². The van der Waals surface area contributed by atoms with E-state index < -0.39 is 12.0 Å². The van der Waals surface area contributed by atoms with Crippen molar-refractivity contribution in [2.75, 3.05) is 6.54 Å². The van der Waals surface area contributed by atoms with Crippen LogP contribution in [0.5, 0.6) is 0 Å². The molecular weight excluding hydrogens is 268 g/mol. The highest BCUT2D eigenvalue weighted by Gasteiger charge is 2.35. The predicted molar refractivity (Wildman–Crippen MR) is 78.7 cm³/mol. The molecule has 1 aromatic heterocycles. The molecule has 0 spiro atoms. The fraction of sp³-hybridized carbons (Fsp3) is 0.562. The molecule has 0 radical (unpaired) electrons. The molecule has 1 aliphatic rings. The van der Waals surface area contributed by atoms with Gasteiger partial charge in [0.25, 0.3) is 0 Å². The van der Waals surface area contributed by atoms with Gasteiger partial charge in [-0.3, -0.25) is 9.78 Å². The maximum atomic E-state index is 12.3. The van der Waals surface area contributed by atoms with Crippen LogP contribution >= 0.6 is 0 Å². The summed E-state index contributed by atoms with van der Waals surface area (Å²) in [6.45, 7) is 2.63. The van der Waals surface area contributed by atoms with E-state index in [0.717, 1.165) is 18.4 Å². The second kappa shape index (κ2) is 7.20. The topological polar surface area (TPSA) is 70.5 Å². The molecule has 1 saturated heterocycles. The number of carboxylic acid groups (broad SMARTS) is 1. The Labute approximate surface area is 125 Å². The van der Waals surface area contributed by atoms with Gasteiger partial charge < -0.3 is 10.0 Å². The van der Waals surface area contributed by atoms with Crippen LogP contribution in [0.1, 0.15) is 38.2 Å². The predicted octanol–water partition coefficient (Wildman–Crippen LogP) is 2.12. The first-order chi connectivity index (χ1) is 10.1. The Hall–Kier alpha value is -1.91. The van der Waals surface area contributed by atoms with Gasteiger partial charge in [0, 0.05) is 25.4 Å². The zero-order chi connectivity index (χ0) is 15.2. The van der Waals surface area contributed by atoms with E-state index in [0.29, 0.717) is 31.7 Å². The summed E-state index contributed by atoms with van der Waals surface area (Å²) in [5.41, 5.74) is 1.05. The number of amides is 1. The molecule has 0 bridgehead atoms. The number of aryl methyl sites for hydroxylation is 1.